The van der Waals surface area contributed by atoms with E-state index in [1.807, 2.05) is 0 Å². The molecule has 8 heteroatoms. The molecule has 1 heterocycles. The predicted octanol–water partition coefficient (Wildman–Crippen LogP) is 2.02. The lowest BCUT2D eigenvalue weighted by molar-refractivity contribution is -0.274. The average molecular weight is 256 g/mol. The number of nitrogen functional groups attached to an aromatic ring is 1. The van der Waals surface area contributed by atoms with Crippen molar-refractivity contribution in [2.24, 2.45) is 0 Å². The summed E-state index contributed by atoms with van der Waals surface area (Å²) in [6.45, 7) is 0. The summed E-state index contributed by atoms with van der Waals surface area (Å²) in [6, 6.07) is 5.14. The topological polar surface area (TPSA) is 73.9 Å². The molecule has 0 saturated heterocycles. The minimum absolute atomic E-state index is 0.0376. The van der Waals surface area contributed by atoms with Gasteiger partial charge in [0.1, 0.15) is 12.1 Å². The maximum Gasteiger partial charge on any atom is 0.573 e. The van der Waals surface area contributed by atoms with Crippen LogP contribution >= 0.6 is 0 Å². The SMILES string of the molecule is Nc1ncnc(-c2ccc(OC(F)(F)F)cc2)n1. The van der Waals surface area contributed by atoms with Gasteiger partial charge in [0.05, 0.1) is 0 Å². The van der Waals surface area contributed by atoms with Gasteiger partial charge in [0.25, 0.3) is 0 Å². The van der Waals surface area contributed by atoms with Gasteiger partial charge in [-0.05, 0) is 24.3 Å². The lowest BCUT2D eigenvalue weighted by Crippen LogP contribution is -2.16. The molecule has 1 aromatic carbocycles. The molecule has 0 radical (unpaired) electrons. The number of alkyl halides is 3. The van der Waals surface area contributed by atoms with Crippen molar-refractivity contribution in [2.75, 3.05) is 5.73 Å². The van der Waals surface area contributed by atoms with Crippen LogP contribution in [0.2, 0.25) is 0 Å². The lowest BCUT2D eigenvalue weighted by Gasteiger charge is -2.08. The van der Waals surface area contributed by atoms with Gasteiger partial charge in [0, 0.05) is 5.56 Å². The Morgan fingerprint density at radius 2 is 1.72 bits per heavy atom. The summed E-state index contributed by atoms with van der Waals surface area (Å²) < 4.78 is 39.6. The van der Waals surface area contributed by atoms with Gasteiger partial charge >= 0.3 is 6.36 Å². The number of hydrogen-bond donors (Lipinski definition) is 1. The van der Waals surface area contributed by atoms with Crippen molar-refractivity contribution in [1.29, 1.82) is 0 Å². The molecule has 0 bridgehead atoms. The van der Waals surface area contributed by atoms with Gasteiger partial charge in [0.2, 0.25) is 5.95 Å². The summed E-state index contributed by atoms with van der Waals surface area (Å²) in [7, 11) is 0. The van der Waals surface area contributed by atoms with Gasteiger partial charge in [0.15, 0.2) is 5.82 Å². The summed E-state index contributed by atoms with van der Waals surface area (Å²) >= 11 is 0. The van der Waals surface area contributed by atoms with E-state index in [9.17, 15) is 13.2 Å². The van der Waals surface area contributed by atoms with E-state index in [0.29, 0.717) is 5.56 Å². The molecule has 0 saturated carbocycles. The van der Waals surface area contributed by atoms with Crippen LogP contribution in [0.1, 0.15) is 0 Å². The van der Waals surface area contributed by atoms with E-state index in [4.69, 9.17) is 5.73 Å². The van der Waals surface area contributed by atoms with Crippen LogP contribution in [0.4, 0.5) is 19.1 Å². The number of aromatic nitrogens is 3. The Balaban J connectivity index is 2.22. The Kier molecular flexibility index (Phi) is 3.00. The van der Waals surface area contributed by atoms with Gasteiger partial charge in [-0.1, -0.05) is 0 Å². The zero-order valence-electron chi connectivity index (χ0n) is 8.85. The van der Waals surface area contributed by atoms with Crippen LogP contribution in [0.5, 0.6) is 5.75 Å². The van der Waals surface area contributed by atoms with E-state index in [1.54, 1.807) is 0 Å². The highest BCUT2D eigenvalue weighted by atomic mass is 19.4. The summed E-state index contributed by atoms with van der Waals surface area (Å²) in [4.78, 5) is 11.3. The summed E-state index contributed by atoms with van der Waals surface area (Å²) in [5.41, 5.74) is 5.89. The molecule has 0 aliphatic rings. The van der Waals surface area contributed by atoms with Crippen LogP contribution in [0.15, 0.2) is 30.6 Å². The number of anilines is 1. The Morgan fingerprint density at radius 3 is 2.28 bits per heavy atom. The first-order valence-electron chi connectivity index (χ1n) is 4.75. The lowest BCUT2D eigenvalue weighted by atomic mass is 10.2. The molecule has 94 valence electrons. The molecule has 5 nitrogen and oxygen atoms in total. The van der Waals surface area contributed by atoms with Crippen molar-refractivity contribution in [2.45, 2.75) is 6.36 Å². The second-order valence-corrected chi connectivity index (χ2v) is 3.24. The van der Waals surface area contributed by atoms with E-state index in [2.05, 4.69) is 19.7 Å². The monoisotopic (exact) mass is 256 g/mol. The fourth-order valence-electron chi connectivity index (χ4n) is 1.25. The molecule has 0 aliphatic heterocycles. The molecule has 0 spiro atoms. The van der Waals surface area contributed by atoms with Crippen LogP contribution < -0.4 is 10.5 Å². The highest BCUT2D eigenvalue weighted by molar-refractivity contribution is 5.56. The zero-order chi connectivity index (χ0) is 13.2. The van der Waals surface area contributed by atoms with Crippen LogP contribution in [0.25, 0.3) is 11.4 Å². The van der Waals surface area contributed by atoms with E-state index in [1.165, 1.54) is 30.6 Å². The average Bonchev–Trinajstić information content (AvgIpc) is 2.28. The fourth-order valence-corrected chi connectivity index (χ4v) is 1.25. The molecular weight excluding hydrogens is 249 g/mol. The number of ether oxygens (including phenoxy) is 1. The van der Waals surface area contributed by atoms with Crippen molar-refractivity contribution >= 4 is 5.95 Å². The largest absolute Gasteiger partial charge is 0.573 e. The second kappa shape index (κ2) is 4.47. The molecule has 18 heavy (non-hydrogen) atoms. The zero-order valence-corrected chi connectivity index (χ0v) is 8.85. The molecule has 0 unspecified atom stereocenters. The van der Waals surface area contributed by atoms with Crippen molar-refractivity contribution < 1.29 is 17.9 Å². The third kappa shape index (κ3) is 3.06. The van der Waals surface area contributed by atoms with Crippen LogP contribution in [-0.4, -0.2) is 21.3 Å². The summed E-state index contributed by atoms with van der Waals surface area (Å²) in [5.74, 6) is 0.00459. The third-order valence-electron chi connectivity index (χ3n) is 1.94. The van der Waals surface area contributed by atoms with Gasteiger partial charge in [-0.25, -0.2) is 9.97 Å². The maximum absolute atomic E-state index is 11.9. The second-order valence-electron chi connectivity index (χ2n) is 3.24. The molecule has 1 aromatic heterocycles. The minimum atomic E-state index is -4.71. The van der Waals surface area contributed by atoms with Gasteiger partial charge in [-0.3, -0.25) is 0 Å². The van der Waals surface area contributed by atoms with Crippen molar-refractivity contribution in [3.05, 3.63) is 30.6 Å². The Bertz CT molecular complexity index is 542. The van der Waals surface area contributed by atoms with Crippen LogP contribution in [-0.2, 0) is 0 Å². The fraction of sp³-hybridized carbons (Fsp3) is 0.100. The number of halogens is 3. The number of nitrogens with two attached hydrogens (primary N) is 1. The third-order valence-corrected chi connectivity index (χ3v) is 1.94. The molecule has 0 amide bonds. The number of rotatable bonds is 2. The first-order chi connectivity index (χ1) is 8.44. The van der Waals surface area contributed by atoms with Crippen LogP contribution in [0, 0.1) is 0 Å². The van der Waals surface area contributed by atoms with Crippen molar-refractivity contribution in [1.82, 2.24) is 15.0 Å². The van der Waals surface area contributed by atoms with E-state index in [-0.39, 0.29) is 17.5 Å². The number of benzene rings is 1. The summed E-state index contributed by atoms with van der Waals surface area (Å²) in [5, 5.41) is 0. The number of hydrogen-bond acceptors (Lipinski definition) is 5. The predicted molar refractivity (Wildman–Crippen MR) is 56.4 cm³/mol. The minimum Gasteiger partial charge on any atom is -0.406 e. The molecule has 2 N–H and O–H groups in total. The maximum atomic E-state index is 11.9. The molecule has 0 aliphatic carbocycles. The van der Waals surface area contributed by atoms with Gasteiger partial charge < -0.3 is 10.5 Å². The van der Waals surface area contributed by atoms with Gasteiger partial charge in [-0.15, -0.1) is 13.2 Å². The first kappa shape index (κ1) is 12.1. The Morgan fingerprint density at radius 1 is 1.06 bits per heavy atom. The standard InChI is InChI=1S/C10H7F3N4O/c11-10(12,13)18-7-3-1-6(2-4-7)8-15-5-16-9(14)17-8/h1-5H,(H2,14,15,16,17). The van der Waals surface area contributed by atoms with Crippen molar-refractivity contribution in [3.63, 3.8) is 0 Å². The molecular formula is C10H7F3N4O. The highest BCUT2D eigenvalue weighted by Crippen LogP contribution is 2.24. The summed E-state index contributed by atoms with van der Waals surface area (Å²) in [6.07, 6.45) is -3.49. The molecule has 0 fully saturated rings. The Hall–Kier alpha value is -2.38. The van der Waals surface area contributed by atoms with E-state index < -0.39 is 6.36 Å². The van der Waals surface area contributed by atoms with E-state index >= 15 is 0 Å². The first-order valence-corrected chi connectivity index (χ1v) is 4.75. The van der Waals surface area contributed by atoms with Crippen LogP contribution in [0.3, 0.4) is 0 Å². The molecule has 2 aromatic rings. The molecule has 0 atom stereocenters. The van der Waals surface area contributed by atoms with E-state index in [0.717, 1.165) is 0 Å². The van der Waals surface area contributed by atoms with Gasteiger partial charge in [-0.2, -0.15) is 4.98 Å². The van der Waals surface area contributed by atoms with Crippen molar-refractivity contribution in [3.8, 4) is 17.1 Å². The smallest absolute Gasteiger partial charge is 0.406 e. The highest BCUT2D eigenvalue weighted by Gasteiger charge is 2.30. The Labute approximate surface area is 99.5 Å². The normalized spacial score (nSPS) is 11.3. The number of nitrogens with zero attached hydrogens (tertiary/aromatic N) is 3. The quantitative estimate of drug-likeness (QED) is 0.889. The molecule has 2 rings (SSSR count).